The Morgan fingerprint density at radius 3 is 2.33 bits per heavy atom. The molecule has 2 amide bonds. The van der Waals surface area contributed by atoms with Crippen LogP contribution in [0.4, 0.5) is 18.9 Å². The van der Waals surface area contributed by atoms with E-state index in [9.17, 15) is 27.6 Å². The van der Waals surface area contributed by atoms with E-state index >= 15 is 0 Å². The fraction of sp³-hybridized carbons (Fsp3) is 0.346. The highest BCUT2D eigenvalue weighted by Gasteiger charge is 2.38. The number of rotatable bonds is 9. The SMILES string of the molecule is CC(C)CN1C(=O)CN(CCC(=O)O)C(=O)c2cc(OCc3cccc(C(=N)N)c3)ccc21.O=C(O)C(F)(F)F. The summed E-state index contributed by atoms with van der Waals surface area (Å²) in [6, 6.07) is 12.1. The van der Waals surface area contributed by atoms with Crippen LogP contribution in [0.25, 0.3) is 0 Å². The first-order chi connectivity index (χ1) is 18.6. The van der Waals surface area contributed by atoms with Crippen molar-refractivity contribution < 1.29 is 47.3 Å². The number of nitrogens with two attached hydrogens (primary N) is 1. The fourth-order valence-corrected chi connectivity index (χ4v) is 3.61. The molecule has 1 aliphatic rings. The molecule has 0 radical (unpaired) electrons. The number of halogens is 3. The number of carbonyl (C=O) groups is 4. The topological polar surface area (TPSA) is 174 Å². The van der Waals surface area contributed by atoms with Gasteiger partial charge in [-0.05, 0) is 35.7 Å². The molecule has 5 N–H and O–H groups in total. The van der Waals surface area contributed by atoms with Crippen molar-refractivity contribution in [1.82, 2.24) is 4.90 Å². The minimum atomic E-state index is -5.08. The first-order valence-electron chi connectivity index (χ1n) is 11.9. The molecule has 0 saturated heterocycles. The van der Waals surface area contributed by atoms with Gasteiger partial charge in [0.1, 0.15) is 24.7 Å². The van der Waals surface area contributed by atoms with Crippen LogP contribution in [0, 0.1) is 11.3 Å². The molecule has 2 aromatic carbocycles. The minimum absolute atomic E-state index is 0.0381. The molecule has 1 aliphatic heterocycles. The standard InChI is InChI=1S/C24H28N4O5.C2HF3O2/c1-15(2)12-28-20-7-6-18(33-14-16-4-3-5-17(10-16)23(25)26)11-19(20)24(32)27(13-21(28)29)9-8-22(30)31;3-2(4,5)1(6)7/h3-7,10-11,15H,8-9,12-14H2,1-2H3,(H3,25,26)(H,30,31);(H,6,7). The number of nitrogens with one attached hydrogen (secondary N) is 1. The Bertz CT molecular complexity index is 1280. The van der Waals surface area contributed by atoms with Crippen LogP contribution in [0.3, 0.4) is 0 Å². The third kappa shape index (κ3) is 8.99. The Kier molecular flexibility index (Phi) is 10.6. The fourth-order valence-electron chi connectivity index (χ4n) is 3.61. The van der Waals surface area contributed by atoms with E-state index in [0.717, 1.165) is 5.56 Å². The van der Waals surface area contributed by atoms with E-state index in [-0.39, 0.29) is 43.8 Å². The van der Waals surface area contributed by atoms with Crippen LogP contribution in [0.5, 0.6) is 5.75 Å². The summed E-state index contributed by atoms with van der Waals surface area (Å²) in [4.78, 5) is 48.9. The molecule has 0 aromatic heterocycles. The van der Waals surface area contributed by atoms with E-state index in [1.807, 2.05) is 19.9 Å². The average molecular weight is 567 g/mol. The summed E-state index contributed by atoms with van der Waals surface area (Å²) < 4.78 is 37.6. The highest BCUT2D eigenvalue weighted by molar-refractivity contribution is 6.10. The second-order valence-electron chi connectivity index (χ2n) is 9.15. The molecule has 0 unspecified atom stereocenters. The minimum Gasteiger partial charge on any atom is -0.489 e. The van der Waals surface area contributed by atoms with Gasteiger partial charge >= 0.3 is 18.1 Å². The number of hydrogen-bond acceptors (Lipinski definition) is 6. The summed E-state index contributed by atoms with van der Waals surface area (Å²) in [5.41, 5.74) is 7.72. The number of aliphatic carboxylic acids is 2. The van der Waals surface area contributed by atoms with Crippen LogP contribution in [-0.2, 0) is 21.0 Å². The second-order valence-corrected chi connectivity index (χ2v) is 9.15. The number of carboxylic acid groups (broad SMARTS) is 2. The van der Waals surface area contributed by atoms with Gasteiger partial charge in [-0.2, -0.15) is 13.2 Å². The number of nitrogens with zero attached hydrogens (tertiary/aromatic N) is 2. The van der Waals surface area contributed by atoms with Crippen LogP contribution in [0.2, 0.25) is 0 Å². The summed E-state index contributed by atoms with van der Waals surface area (Å²) in [6.45, 7) is 4.36. The van der Waals surface area contributed by atoms with Gasteiger partial charge in [-0.15, -0.1) is 0 Å². The van der Waals surface area contributed by atoms with Gasteiger partial charge in [-0.3, -0.25) is 19.8 Å². The Hall–Kier alpha value is -4.62. The van der Waals surface area contributed by atoms with Gasteiger partial charge in [0.25, 0.3) is 5.91 Å². The quantitative estimate of drug-likeness (QED) is 0.265. The van der Waals surface area contributed by atoms with Gasteiger partial charge in [-0.25, -0.2) is 4.79 Å². The van der Waals surface area contributed by atoms with Crippen molar-refractivity contribution in [2.75, 3.05) is 24.5 Å². The zero-order valence-electron chi connectivity index (χ0n) is 21.7. The van der Waals surface area contributed by atoms with Gasteiger partial charge < -0.3 is 30.5 Å². The van der Waals surface area contributed by atoms with Gasteiger partial charge in [0.15, 0.2) is 0 Å². The molecule has 0 saturated carbocycles. The normalized spacial score (nSPS) is 13.2. The number of amides is 2. The summed E-state index contributed by atoms with van der Waals surface area (Å²) in [7, 11) is 0. The van der Waals surface area contributed by atoms with E-state index in [2.05, 4.69) is 0 Å². The Labute approximate surface area is 227 Å². The average Bonchev–Trinajstić information content (AvgIpc) is 2.96. The number of ether oxygens (including phenoxy) is 1. The third-order valence-electron chi connectivity index (χ3n) is 5.43. The largest absolute Gasteiger partial charge is 0.490 e. The lowest BCUT2D eigenvalue weighted by Gasteiger charge is -2.24. The first kappa shape index (κ1) is 31.6. The lowest BCUT2D eigenvalue weighted by atomic mass is 10.1. The van der Waals surface area contributed by atoms with Crippen molar-refractivity contribution in [2.45, 2.75) is 33.1 Å². The summed E-state index contributed by atoms with van der Waals surface area (Å²) in [5.74, 6) is -3.88. The summed E-state index contributed by atoms with van der Waals surface area (Å²) in [5, 5.41) is 23.7. The molecule has 0 atom stereocenters. The molecular formula is C26H29F3N4O7. The van der Waals surface area contributed by atoms with Crippen LogP contribution in [-0.4, -0.2) is 70.5 Å². The number of anilines is 1. The molecule has 2 aromatic rings. The van der Waals surface area contributed by atoms with Gasteiger partial charge in [0.2, 0.25) is 5.91 Å². The molecule has 216 valence electrons. The predicted octanol–water partition coefficient (Wildman–Crippen LogP) is 3.10. The predicted molar refractivity (Wildman–Crippen MR) is 137 cm³/mol. The smallest absolute Gasteiger partial charge is 0.489 e. The number of amidine groups is 1. The van der Waals surface area contributed by atoms with Crippen molar-refractivity contribution in [3.63, 3.8) is 0 Å². The highest BCUT2D eigenvalue weighted by atomic mass is 19.4. The first-order valence-corrected chi connectivity index (χ1v) is 11.9. The van der Waals surface area contributed by atoms with Crippen LogP contribution < -0.4 is 15.4 Å². The van der Waals surface area contributed by atoms with Crippen LogP contribution in [0.1, 0.15) is 41.8 Å². The lowest BCUT2D eigenvalue weighted by Crippen LogP contribution is -2.41. The molecule has 40 heavy (non-hydrogen) atoms. The maximum Gasteiger partial charge on any atom is 0.490 e. The molecule has 14 heteroatoms. The molecule has 3 rings (SSSR count). The molecule has 11 nitrogen and oxygen atoms in total. The summed E-state index contributed by atoms with van der Waals surface area (Å²) >= 11 is 0. The van der Waals surface area contributed by atoms with Gasteiger partial charge in [0, 0.05) is 18.7 Å². The third-order valence-corrected chi connectivity index (χ3v) is 5.43. The second kappa shape index (κ2) is 13.4. The highest BCUT2D eigenvalue weighted by Crippen LogP contribution is 2.31. The van der Waals surface area contributed by atoms with Crippen molar-refractivity contribution >= 4 is 35.3 Å². The molecular weight excluding hydrogens is 537 g/mol. The number of hydrogen-bond donors (Lipinski definition) is 4. The van der Waals surface area contributed by atoms with E-state index in [1.54, 1.807) is 41.3 Å². The Morgan fingerprint density at radius 1 is 1.12 bits per heavy atom. The molecule has 0 spiro atoms. The van der Waals surface area contributed by atoms with E-state index in [4.69, 9.17) is 30.9 Å². The van der Waals surface area contributed by atoms with Crippen molar-refractivity contribution in [3.8, 4) is 5.75 Å². The zero-order valence-corrected chi connectivity index (χ0v) is 21.7. The van der Waals surface area contributed by atoms with Gasteiger partial charge in [-0.1, -0.05) is 32.0 Å². The van der Waals surface area contributed by atoms with Crippen molar-refractivity contribution in [1.29, 1.82) is 5.41 Å². The molecule has 0 bridgehead atoms. The molecule has 1 heterocycles. The Morgan fingerprint density at radius 2 is 1.77 bits per heavy atom. The maximum absolute atomic E-state index is 13.2. The lowest BCUT2D eigenvalue weighted by molar-refractivity contribution is -0.192. The number of carbonyl (C=O) groups excluding carboxylic acids is 2. The van der Waals surface area contributed by atoms with E-state index < -0.39 is 24.0 Å². The molecule has 0 aliphatic carbocycles. The van der Waals surface area contributed by atoms with Crippen LogP contribution in [0.15, 0.2) is 42.5 Å². The number of alkyl halides is 3. The molecule has 0 fully saturated rings. The number of nitrogen functional groups attached to an aromatic ring is 1. The number of fused-ring (bicyclic) bond motifs is 1. The van der Waals surface area contributed by atoms with Crippen molar-refractivity contribution in [2.24, 2.45) is 11.7 Å². The zero-order chi connectivity index (χ0) is 30.2. The van der Waals surface area contributed by atoms with E-state index in [0.29, 0.717) is 29.1 Å². The number of carboxylic acids is 2. The van der Waals surface area contributed by atoms with Crippen molar-refractivity contribution in [3.05, 3.63) is 59.2 Å². The Balaban J connectivity index is 0.000000708. The van der Waals surface area contributed by atoms with E-state index in [1.165, 1.54) is 4.90 Å². The summed E-state index contributed by atoms with van der Waals surface area (Å²) in [6.07, 6.45) is -5.33. The number of benzene rings is 2. The maximum atomic E-state index is 13.2. The monoisotopic (exact) mass is 566 g/mol. The van der Waals surface area contributed by atoms with Crippen LogP contribution >= 0.6 is 0 Å². The van der Waals surface area contributed by atoms with Gasteiger partial charge in [0.05, 0.1) is 17.7 Å².